The third-order valence-electron chi connectivity index (χ3n) is 6.73. The van der Waals surface area contributed by atoms with Crippen LogP contribution in [-0.4, -0.2) is 42.7 Å². The first-order valence-electron chi connectivity index (χ1n) is 13.3. The van der Waals surface area contributed by atoms with E-state index in [1.807, 2.05) is 0 Å². The molecule has 0 saturated heterocycles. The van der Waals surface area contributed by atoms with Gasteiger partial charge in [0.15, 0.2) is 11.6 Å². The molecule has 1 aliphatic rings. The molecule has 0 radical (unpaired) electrons. The van der Waals surface area contributed by atoms with Gasteiger partial charge in [-0.3, -0.25) is 9.59 Å². The molecule has 1 atom stereocenters. The van der Waals surface area contributed by atoms with Crippen LogP contribution in [0, 0.1) is 11.6 Å². The fourth-order valence-corrected chi connectivity index (χ4v) is 4.48. The van der Waals surface area contributed by atoms with Crippen LogP contribution in [-0.2, 0) is 9.47 Å². The molecule has 0 spiro atoms. The van der Waals surface area contributed by atoms with Gasteiger partial charge in [-0.2, -0.15) is 0 Å². The molecule has 0 bridgehead atoms. The van der Waals surface area contributed by atoms with Crippen molar-refractivity contribution in [1.29, 1.82) is 0 Å². The summed E-state index contributed by atoms with van der Waals surface area (Å²) < 4.78 is 39.2. The van der Waals surface area contributed by atoms with Crippen LogP contribution in [0.2, 0.25) is 0 Å². The van der Waals surface area contributed by atoms with Gasteiger partial charge in [0, 0.05) is 13.2 Å². The van der Waals surface area contributed by atoms with Gasteiger partial charge in [0.1, 0.15) is 6.10 Å². The van der Waals surface area contributed by atoms with Crippen molar-refractivity contribution in [2.75, 3.05) is 24.7 Å². The highest BCUT2D eigenvalue weighted by Gasteiger charge is 2.39. The Morgan fingerprint density at radius 2 is 1.52 bits per heavy atom. The lowest BCUT2D eigenvalue weighted by Crippen LogP contribution is -2.31. The second-order valence-corrected chi connectivity index (χ2v) is 9.56. The van der Waals surface area contributed by atoms with Gasteiger partial charge >= 0.3 is 5.97 Å². The van der Waals surface area contributed by atoms with Crippen LogP contribution in [0.5, 0.6) is 0 Å². The molecule has 1 N–H and O–H groups in total. The molecule has 210 valence electrons. The lowest BCUT2D eigenvalue weighted by atomic mass is 10.0. The normalized spacial score (nSPS) is 13.6. The lowest BCUT2D eigenvalue weighted by molar-refractivity contribution is -0.0196. The monoisotopic (exact) mass is 551 g/mol. The maximum atomic E-state index is 13.9. The first-order valence-corrected chi connectivity index (χ1v) is 13.3. The van der Waals surface area contributed by atoms with E-state index < -0.39 is 35.5 Å². The molecule has 7 nitrogen and oxygen atoms in total. The first-order chi connectivity index (χ1) is 19.3. The summed E-state index contributed by atoms with van der Waals surface area (Å²) in [6.45, 7) is 5.49. The van der Waals surface area contributed by atoms with Crippen molar-refractivity contribution in [2.24, 2.45) is 0 Å². The van der Waals surface area contributed by atoms with Crippen LogP contribution in [0.1, 0.15) is 82.3 Å². The second-order valence-electron chi connectivity index (χ2n) is 9.56. The van der Waals surface area contributed by atoms with Crippen molar-refractivity contribution in [3.8, 4) is 11.1 Å². The van der Waals surface area contributed by atoms with E-state index in [9.17, 15) is 28.3 Å². The van der Waals surface area contributed by atoms with E-state index >= 15 is 0 Å². The smallest absolute Gasteiger partial charge is 0.337 e. The molecule has 1 heterocycles. The molecule has 40 heavy (non-hydrogen) atoms. The minimum atomic E-state index is -1.35. The Labute approximate surface area is 231 Å². The minimum absolute atomic E-state index is 0.120. The molecule has 0 aromatic heterocycles. The summed E-state index contributed by atoms with van der Waals surface area (Å²) in [6, 6.07) is 12.0. The van der Waals surface area contributed by atoms with Crippen molar-refractivity contribution < 1.29 is 37.7 Å². The zero-order chi connectivity index (χ0) is 28.8. The number of imide groups is 1. The molecule has 0 aliphatic carbocycles. The van der Waals surface area contributed by atoms with Crippen LogP contribution in [0.25, 0.3) is 11.1 Å². The number of hydrogen-bond donors (Lipinski definition) is 1. The number of aromatic carboxylic acids is 1. The molecular formula is C31H31F2NO6. The highest BCUT2D eigenvalue weighted by molar-refractivity contribution is 6.35. The summed E-state index contributed by atoms with van der Waals surface area (Å²) in [5, 5.41) is 9.81. The van der Waals surface area contributed by atoms with Gasteiger partial charge < -0.3 is 14.6 Å². The Morgan fingerprint density at radius 1 is 0.850 bits per heavy atom. The summed E-state index contributed by atoms with van der Waals surface area (Å²) in [5.74, 6) is -4.83. The Hall–Kier alpha value is -3.95. The minimum Gasteiger partial charge on any atom is -0.478 e. The molecule has 4 rings (SSSR count). The summed E-state index contributed by atoms with van der Waals surface area (Å²) in [6.07, 6.45) is 3.25. The highest BCUT2D eigenvalue weighted by Crippen LogP contribution is 2.36. The average Bonchev–Trinajstić information content (AvgIpc) is 3.20. The molecular weight excluding hydrogens is 520 g/mol. The average molecular weight is 552 g/mol. The maximum Gasteiger partial charge on any atom is 0.337 e. The van der Waals surface area contributed by atoms with Crippen molar-refractivity contribution in [2.45, 2.75) is 45.6 Å². The van der Waals surface area contributed by atoms with Crippen LogP contribution in [0.3, 0.4) is 0 Å². The highest BCUT2D eigenvalue weighted by atomic mass is 19.2. The standard InChI is InChI=1S/C31H31F2NO6/c1-3-5-13-39-18-28(40-14-6-4-2)21-8-10-22-24(15-21)30(36)34(29(22)35)27-17-20(7-11-23(27)31(37)38)19-9-12-25(32)26(33)16-19/h7-12,15-17,28H,3-6,13-14,18H2,1-2H3,(H,37,38). The molecule has 0 fully saturated rings. The molecule has 0 saturated carbocycles. The van der Waals surface area contributed by atoms with Crippen molar-refractivity contribution in [1.82, 2.24) is 0 Å². The number of carboxylic acids is 1. The summed E-state index contributed by atoms with van der Waals surface area (Å²) in [4.78, 5) is 39.9. The fourth-order valence-electron chi connectivity index (χ4n) is 4.48. The van der Waals surface area contributed by atoms with Gasteiger partial charge in [-0.15, -0.1) is 0 Å². The van der Waals surface area contributed by atoms with Gasteiger partial charge in [0.2, 0.25) is 0 Å². The maximum absolute atomic E-state index is 13.9. The number of hydrogen-bond acceptors (Lipinski definition) is 5. The zero-order valence-corrected chi connectivity index (χ0v) is 22.4. The number of halogens is 2. The summed E-state index contributed by atoms with van der Waals surface area (Å²) in [7, 11) is 0. The van der Waals surface area contributed by atoms with Gasteiger partial charge in [-0.1, -0.05) is 44.9 Å². The van der Waals surface area contributed by atoms with Crippen molar-refractivity contribution >= 4 is 23.5 Å². The number of fused-ring (bicyclic) bond motifs is 1. The molecule has 1 aliphatic heterocycles. The van der Waals surface area contributed by atoms with E-state index in [4.69, 9.17) is 9.47 Å². The van der Waals surface area contributed by atoms with Crippen molar-refractivity contribution in [3.63, 3.8) is 0 Å². The molecule has 1 unspecified atom stereocenters. The number of carboxylic acid groups (broad SMARTS) is 1. The summed E-state index contributed by atoms with van der Waals surface area (Å²) >= 11 is 0. The Bertz CT molecular complexity index is 1420. The molecule has 2 amide bonds. The number of ether oxygens (including phenoxy) is 2. The van der Waals surface area contributed by atoms with E-state index in [0.29, 0.717) is 24.3 Å². The molecule has 3 aromatic rings. The molecule has 9 heteroatoms. The number of rotatable bonds is 13. The van der Waals surface area contributed by atoms with Gasteiger partial charge in [-0.05, 0) is 65.9 Å². The number of benzene rings is 3. The van der Waals surface area contributed by atoms with Crippen LogP contribution in [0.15, 0.2) is 54.6 Å². The number of anilines is 1. The number of unbranched alkanes of at least 4 members (excludes halogenated alkanes) is 2. The third-order valence-corrected chi connectivity index (χ3v) is 6.73. The van der Waals surface area contributed by atoms with E-state index in [1.165, 1.54) is 30.3 Å². The van der Waals surface area contributed by atoms with E-state index in [2.05, 4.69) is 13.8 Å². The fraction of sp³-hybridized carbons (Fsp3) is 0.323. The van der Waals surface area contributed by atoms with E-state index in [1.54, 1.807) is 12.1 Å². The van der Waals surface area contributed by atoms with E-state index in [-0.39, 0.29) is 34.5 Å². The topological polar surface area (TPSA) is 93.1 Å². The number of amides is 2. The molecule has 3 aromatic carbocycles. The van der Waals surface area contributed by atoms with Crippen LogP contribution in [0.4, 0.5) is 14.5 Å². The SMILES string of the molecule is CCCCOCC(OCCCC)c1ccc2c(c1)C(=O)N(c1cc(-c3ccc(F)c(F)c3)ccc1C(=O)O)C2=O. The Morgan fingerprint density at radius 3 is 2.23 bits per heavy atom. The zero-order valence-electron chi connectivity index (χ0n) is 22.4. The number of nitrogens with zero attached hydrogens (tertiary/aromatic N) is 1. The van der Waals surface area contributed by atoms with Crippen LogP contribution >= 0.6 is 0 Å². The Balaban J connectivity index is 1.69. The van der Waals surface area contributed by atoms with Gasteiger partial charge in [0.25, 0.3) is 11.8 Å². The predicted octanol–water partition coefficient (Wildman–Crippen LogP) is 6.81. The number of carbonyl (C=O) groups excluding carboxylic acids is 2. The van der Waals surface area contributed by atoms with E-state index in [0.717, 1.165) is 42.7 Å². The number of carbonyl (C=O) groups is 3. The van der Waals surface area contributed by atoms with Gasteiger partial charge in [-0.25, -0.2) is 18.5 Å². The van der Waals surface area contributed by atoms with Crippen molar-refractivity contribution in [3.05, 3.63) is 88.5 Å². The largest absolute Gasteiger partial charge is 0.478 e. The third kappa shape index (κ3) is 6.11. The lowest BCUT2D eigenvalue weighted by Gasteiger charge is -2.19. The predicted molar refractivity (Wildman–Crippen MR) is 146 cm³/mol. The van der Waals surface area contributed by atoms with Crippen LogP contribution < -0.4 is 4.90 Å². The first kappa shape index (κ1) is 29.0. The van der Waals surface area contributed by atoms with Gasteiger partial charge in [0.05, 0.1) is 29.0 Å². The quantitative estimate of drug-likeness (QED) is 0.185. The summed E-state index contributed by atoms with van der Waals surface area (Å²) in [5.41, 5.74) is 1.03. The second kappa shape index (κ2) is 12.9. The Kier molecular flexibility index (Phi) is 9.39.